The number of aromatic hydroxyl groups is 1. The topological polar surface area (TPSA) is 98.2 Å². The van der Waals surface area contributed by atoms with Gasteiger partial charge in [0.2, 0.25) is 11.6 Å². The van der Waals surface area contributed by atoms with Crippen LogP contribution in [0.25, 0.3) is 5.69 Å². The third-order valence-electron chi connectivity index (χ3n) is 4.81. The molecule has 0 saturated carbocycles. The van der Waals surface area contributed by atoms with E-state index in [2.05, 4.69) is 4.98 Å². The molecule has 2 N–H and O–H groups in total. The van der Waals surface area contributed by atoms with Crippen LogP contribution in [0.4, 0.5) is 0 Å². The number of H-pyrrole nitrogens is 1. The molecule has 0 saturated heterocycles. The minimum absolute atomic E-state index is 0. The summed E-state index contributed by atoms with van der Waals surface area (Å²) in [5.74, 6) is -2.40. The second kappa shape index (κ2) is 10.6. The summed E-state index contributed by atoms with van der Waals surface area (Å²) in [5, 5.41) is 22.0. The Labute approximate surface area is 240 Å². The molecular weight excluding hydrogens is 557 g/mol. The number of aromatic nitrogens is 2. The molecule has 0 atom stereocenters. The Morgan fingerprint density at radius 1 is 0.882 bits per heavy atom. The van der Waals surface area contributed by atoms with Crippen LogP contribution in [0.3, 0.4) is 0 Å². The number of rotatable bonds is 5. The second-order valence-electron chi connectivity index (χ2n) is 6.77. The molecule has 34 heavy (non-hydrogen) atoms. The van der Waals surface area contributed by atoms with Crippen LogP contribution >= 0.6 is 58.0 Å². The van der Waals surface area contributed by atoms with Crippen LogP contribution in [0, 0.1) is 0 Å². The Kier molecular flexibility index (Phi) is 8.38. The van der Waals surface area contributed by atoms with Gasteiger partial charge in [-0.1, -0.05) is 88.0 Å². The zero-order chi connectivity index (χ0) is 24.0. The van der Waals surface area contributed by atoms with Gasteiger partial charge in [0.05, 0.1) is 22.0 Å². The van der Waals surface area contributed by atoms with Crippen molar-refractivity contribution in [1.29, 1.82) is 0 Å². The van der Waals surface area contributed by atoms with Crippen molar-refractivity contribution >= 4 is 69.6 Å². The summed E-state index contributed by atoms with van der Waals surface area (Å²) < 4.78 is 1.12. The first-order chi connectivity index (χ1) is 15.6. The third kappa shape index (κ3) is 4.62. The standard InChI is InChI=1S/C22H11Cl5N2O4.Na/c23-11-6-3-5-10(18(11)31)19(32)13-8-12(24)22(27)29(13)17-15(25)21(26)28-16(17)20(33)9-4-1-2-7-14(9)30;/h1-8,28,30-31H;/q;+1/p-1. The van der Waals surface area contributed by atoms with Crippen LogP contribution in [-0.4, -0.2) is 26.2 Å². The van der Waals surface area contributed by atoms with Crippen LogP contribution in [-0.2, 0) is 0 Å². The largest absolute Gasteiger partial charge is 1.00 e. The third-order valence-corrected chi connectivity index (χ3v) is 6.62. The fraction of sp³-hybridized carbons (Fsp3) is 0. The number of hydrogen-bond acceptors (Lipinski definition) is 4. The van der Waals surface area contributed by atoms with Crippen molar-refractivity contribution in [3.8, 4) is 17.2 Å². The Morgan fingerprint density at radius 2 is 1.53 bits per heavy atom. The van der Waals surface area contributed by atoms with E-state index in [1.54, 1.807) is 12.1 Å². The fourth-order valence-electron chi connectivity index (χ4n) is 3.28. The Bertz CT molecular complexity index is 1450. The minimum Gasteiger partial charge on any atom is -0.871 e. The molecule has 2 heterocycles. The molecule has 0 radical (unpaired) electrons. The van der Waals surface area contributed by atoms with E-state index in [4.69, 9.17) is 58.0 Å². The SMILES string of the molecule is O=C(c1ccccc1O)c1[nH]c(Cl)c(Cl)c1-n1c(C(=O)c2cccc(Cl)c2[O-])cc(Cl)c1Cl.[Na+]. The van der Waals surface area contributed by atoms with E-state index < -0.39 is 17.3 Å². The van der Waals surface area contributed by atoms with Crippen LogP contribution in [0.15, 0.2) is 48.5 Å². The fourth-order valence-corrected chi connectivity index (χ4v) is 4.28. The Hall–Kier alpha value is -1.61. The molecule has 168 valence electrons. The van der Waals surface area contributed by atoms with E-state index in [1.807, 2.05) is 0 Å². The van der Waals surface area contributed by atoms with E-state index in [1.165, 1.54) is 36.4 Å². The predicted octanol–water partition coefficient (Wildman–Crippen LogP) is 3.32. The number of nitrogens with zero attached hydrogens (tertiary/aromatic N) is 1. The van der Waals surface area contributed by atoms with Crippen molar-refractivity contribution in [2.24, 2.45) is 0 Å². The van der Waals surface area contributed by atoms with Gasteiger partial charge in [-0.05, 0) is 24.3 Å². The summed E-state index contributed by atoms with van der Waals surface area (Å²) in [6.07, 6.45) is 0. The molecule has 0 bridgehead atoms. The smallest absolute Gasteiger partial charge is 0.871 e. The number of benzene rings is 2. The number of para-hydroxylation sites is 2. The quantitative estimate of drug-likeness (QED) is 0.286. The number of phenols is 1. The van der Waals surface area contributed by atoms with Crippen molar-refractivity contribution in [2.45, 2.75) is 0 Å². The van der Waals surface area contributed by atoms with Crippen LogP contribution in [0.5, 0.6) is 11.5 Å². The Balaban J connectivity index is 0.00000324. The predicted molar refractivity (Wildman–Crippen MR) is 126 cm³/mol. The van der Waals surface area contributed by atoms with E-state index in [-0.39, 0.29) is 88.9 Å². The molecule has 0 amide bonds. The number of aromatic amines is 1. The average molecular weight is 567 g/mol. The van der Waals surface area contributed by atoms with Gasteiger partial charge in [0.15, 0.2) is 0 Å². The summed E-state index contributed by atoms with van der Waals surface area (Å²) in [6.45, 7) is 0. The second-order valence-corrected chi connectivity index (χ2v) is 8.70. The number of carbonyl (C=O) groups is 2. The molecule has 2 aromatic carbocycles. The first-order valence-corrected chi connectivity index (χ1v) is 11.0. The van der Waals surface area contributed by atoms with E-state index in [9.17, 15) is 19.8 Å². The van der Waals surface area contributed by atoms with E-state index in [0.717, 1.165) is 4.57 Å². The molecule has 0 aliphatic rings. The first-order valence-electron chi connectivity index (χ1n) is 9.10. The normalized spacial score (nSPS) is 10.7. The van der Waals surface area contributed by atoms with Gasteiger partial charge in [-0.25, -0.2) is 0 Å². The molecule has 0 unspecified atom stereocenters. The maximum atomic E-state index is 13.3. The number of phenolic OH excluding ortho intramolecular Hbond substituents is 1. The molecule has 0 spiro atoms. The summed E-state index contributed by atoms with van der Waals surface area (Å²) in [4.78, 5) is 29.2. The Morgan fingerprint density at radius 3 is 2.21 bits per heavy atom. The molecular formula is C22H10Cl5N2NaO4. The molecule has 12 heteroatoms. The van der Waals surface area contributed by atoms with Gasteiger partial charge in [0.1, 0.15) is 26.8 Å². The average Bonchev–Trinajstić information content (AvgIpc) is 3.24. The van der Waals surface area contributed by atoms with Gasteiger partial charge in [0, 0.05) is 10.6 Å². The summed E-state index contributed by atoms with van der Waals surface area (Å²) >= 11 is 31.0. The van der Waals surface area contributed by atoms with Gasteiger partial charge in [0.25, 0.3) is 0 Å². The zero-order valence-electron chi connectivity index (χ0n) is 17.1. The zero-order valence-corrected chi connectivity index (χ0v) is 22.9. The van der Waals surface area contributed by atoms with Crippen molar-refractivity contribution < 1.29 is 49.4 Å². The number of halogens is 5. The first kappa shape index (κ1) is 27.0. The van der Waals surface area contributed by atoms with Gasteiger partial charge >= 0.3 is 29.6 Å². The minimum atomic E-state index is -0.759. The monoisotopic (exact) mass is 564 g/mol. The van der Waals surface area contributed by atoms with Gasteiger partial charge in [-0.2, -0.15) is 0 Å². The maximum absolute atomic E-state index is 13.3. The van der Waals surface area contributed by atoms with Crippen LogP contribution in [0.1, 0.15) is 32.1 Å². The van der Waals surface area contributed by atoms with Gasteiger partial charge in [-0.3, -0.25) is 14.2 Å². The number of hydrogen-bond donors (Lipinski definition) is 2. The van der Waals surface area contributed by atoms with Crippen molar-refractivity contribution in [3.63, 3.8) is 0 Å². The molecule has 0 aliphatic heterocycles. The summed E-state index contributed by atoms with van der Waals surface area (Å²) in [6, 6.07) is 11.2. The molecule has 0 fully saturated rings. The van der Waals surface area contributed by atoms with Gasteiger partial charge in [-0.15, -0.1) is 0 Å². The van der Waals surface area contributed by atoms with Crippen molar-refractivity contribution in [1.82, 2.24) is 9.55 Å². The summed E-state index contributed by atoms with van der Waals surface area (Å²) in [7, 11) is 0. The van der Waals surface area contributed by atoms with Gasteiger partial charge < -0.3 is 15.2 Å². The molecule has 4 aromatic rings. The molecule has 2 aromatic heterocycles. The van der Waals surface area contributed by atoms with Crippen molar-refractivity contribution in [2.75, 3.05) is 0 Å². The van der Waals surface area contributed by atoms with E-state index >= 15 is 0 Å². The van der Waals surface area contributed by atoms with Crippen molar-refractivity contribution in [3.05, 3.63) is 96.4 Å². The number of ketones is 2. The maximum Gasteiger partial charge on any atom is 1.00 e. The summed E-state index contributed by atoms with van der Waals surface area (Å²) in [5.41, 5.74) is -0.686. The number of nitrogens with one attached hydrogen (secondary N) is 1. The molecule has 0 aliphatic carbocycles. The van der Waals surface area contributed by atoms with Crippen LogP contribution in [0.2, 0.25) is 25.4 Å². The number of carbonyl (C=O) groups excluding carboxylic acids is 2. The van der Waals surface area contributed by atoms with E-state index in [0.29, 0.717) is 0 Å². The van der Waals surface area contributed by atoms with Crippen LogP contribution < -0.4 is 34.7 Å². The molecule has 4 rings (SSSR count). The molecule has 6 nitrogen and oxygen atoms in total.